The highest BCUT2D eigenvalue weighted by atomic mass is 32.1. The van der Waals surface area contributed by atoms with Crippen LogP contribution < -0.4 is 0 Å². The molecule has 0 radical (unpaired) electrons. The second-order valence-electron chi connectivity index (χ2n) is 3.44. The van der Waals surface area contributed by atoms with Crippen LogP contribution in [0.15, 0.2) is 11.6 Å². The number of carbonyl (C=O) groups is 1. The molecule has 0 atom stereocenters. The number of thiazole rings is 1. The molecule has 1 heterocycles. The summed E-state index contributed by atoms with van der Waals surface area (Å²) in [5.74, 6) is 0. The van der Waals surface area contributed by atoms with Gasteiger partial charge in [-0.3, -0.25) is 0 Å². The summed E-state index contributed by atoms with van der Waals surface area (Å²) in [6, 6.07) is 0. The monoisotopic (exact) mass is 181 g/mol. The van der Waals surface area contributed by atoms with Crippen molar-refractivity contribution in [2.24, 2.45) is 5.41 Å². The molecule has 1 aliphatic carbocycles. The molecule has 1 saturated carbocycles. The summed E-state index contributed by atoms with van der Waals surface area (Å²) in [5, 5.41) is 3.06. The first kappa shape index (κ1) is 7.92. The van der Waals surface area contributed by atoms with Gasteiger partial charge in [0.2, 0.25) is 0 Å². The van der Waals surface area contributed by atoms with Gasteiger partial charge in [0.1, 0.15) is 6.29 Å². The quantitative estimate of drug-likeness (QED) is 0.668. The summed E-state index contributed by atoms with van der Waals surface area (Å²) in [6.07, 6.45) is 7.08. The number of nitrogens with zero attached hydrogens (tertiary/aromatic N) is 1. The van der Waals surface area contributed by atoms with Gasteiger partial charge in [0.25, 0.3) is 0 Å². The van der Waals surface area contributed by atoms with Gasteiger partial charge in [-0.2, -0.15) is 0 Å². The van der Waals surface area contributed by atoms with Crippen molar-refractivity contribution in [3.63, 3.8) is 0 Å². The molecule has 0 aliphatic heterocycles. The molecule has 64 valence electrons. The Labute approximate surface area is 75.6 Å². The Morgan fingerprint density at radius 2 is 2.50 bits per heavy atom. The number of carbonyl (C=O) groups excluding carboxylic acids is 1. The predicted molar refractivity (Wildman–Crippen MR) is 48.2 cm³/mol. The fraction of sp³-hybridized carbons (Fsp3) is 0.556. The molecule has 0 N–H and O–H groups in total. The molecule has 1 aliphatic rings. The van der Waals surface area contributed by atoms with E-state index in [2.05, 4.69) is 4.98 Å². The highest BCUT2D eigenvalue weighted by molar-refractivity contribution is 7.09. The third-order valence-electron chi connectivity index (χ3n) is 2.59. The van der Waals surface area contributed by atoms with E-state index in [1.54, 1.807) is 17.5 Å². The molecule has 0 unspecified atom stereocenters. The van der Waals surface area contributed by atoms with E-state index in [1.165, 1.54) is 6.42 Å². The first-order valence-corrected chi connectivity index (χ1v) is 5.07. The van der Waals surface area contributed by atoms with Gasteiger partial charge >= 0.3 is 0 Å². The number of aromatic nitrogens is 1. The van der Waals surface area contributed by atoms with Crippen LogP contribution in [0.3, 0.4) is 0 Å². The summed E-state index contributed by atoms with van der Waals surface area (Å²) >= 11 is 1.64. The van der Waals surface area contributed by atoms with Crippen molar-refractivity contribution in [2.45, 2.75) is 25.7 Å². The average Bonchev–Trinajstić information content (AvgIpc) is 2.49. The van der Waals surface area contributed by atoms with Gasteiger partial charge in [-0.05, 0) is 12.8 Å². The summed E-state index contributed by atoms with van der Waals surface area (Å²) in [7, 11) is 0. The standard InChI is InChI=1S/C9H11NOS/c11-7-9(2-1-3-9)6-8-10-4-5-12-8/h4-5,7H,1-3,6H2. The topological polar surface area (TPSA) is 30.0 Å². The summed E-state index contributed by atoms with van der Waals surface area (Å²) < 4.78 is 0. The molecule has 0 spiro atoms. The van der Waals surface area contributed by atoms with E-state index in [0.29, 0.717) is 0 Å². The van der Waals surface area contributed by atoms with E-state index in [1.807, 2.05) is 5.38 Å². The van der Waals surface area contributed by atoms with Crippen LogP contribution >= 0.6 is 11.3 Å². The second-order valence-corrected chi connectivity index (χ2v) is 4.42. The van der Waals surface area contributed by atoms with Crippen LogP contribution in [0.4, 0.5) is 0 Å². The zero-order chi connectivity index (χ0) is 8.44. The van der Waals surface area contributed by atoms with Gasteiger partial charge in [-0.25, -0.2) is 4.98 Å². The highest BCUT2D eigenvalue weighted by Gasteiger charge is 2.37. The first-order chi connectivity index (χ1) is 5.85. The molecule has 2 nitrogen and oxygen atoms in total. The lowest BCUT2D eigenvalue weighted by atomic mass is 9.68. The van der Waals surface area contributed by atoms with Crippen LogP contribution in [0, 0.1) is 5.41 Å². The molecule has 3 heteroatoms. The minimum atomic E-state index is -0.0438. The molecule has 0 aromatic carbocycles. The average molecular weight is 181 g/mol. The maximum atomic E-state index is 10.8. The van der Waals surface area contributed by atoms with Crippen LogP contribution in [0.2, 0.25) is 0 Å². The first-order valence-electron chi connectivity index (χ1n) is 4.19. The summed E-state index contributed by atoms with van der Waals surface area (Å²) in [5.41, 5.74) is -0.0438. The van der Waals surface area contributed by atoms with Crippen LogP contribution in [0.5, 0.6) is 0 Å². The van der Waals surface area contributed by atoms with E-state index in [0.717, 1.165) is 30.6 Å². The number of aldehydes is 1. The number of rotatable bonds is 3. The van der Waals surface area contributed by atoms with Crippen molar-refractivity contribution in [3.05, 3.63) is 16.6 Å². The van der Waals surface area contributed by atoms with Gasteiger partial charge in [-0.15, -0.1) is 11.3 Å². The van der Waals surface area contributed by atoms with Gasteiger partial charge in [0.05, 0.1) is 5.01 Å². The van der Waals surface area contributed by atoms with Gasteiger partial charge in [0.15, 0.2) is 0 Å². The minimum Gasteiger partial charge on any atom is -0.303 e. The molecule has 0 bridgehead atoms. The lowest BCUT2D eigenvalue weighted by Crippen LogP contribution is -2.33. The molecule has 12 heavy (non-hydrogen) atoms. The van der Waals surface area contributed by atoms with Crippen LogP contribution in [0.25, 0.3) is 0 Å². The largest absolute Gasteiger partial charge is 0.303 e. The maximum absolute atomic E-state index is 10.8. The number of hydrogen-bond acceptors (Lipinski definition) is 3. The Kier molecular flexibility index (Phi) is 1.97. The van der Waals surface area contributed by atoms with Crippen LogP contribution in [0.1, 0.15) is 24.3 Å². The second kappa shape index (κ2) is 2.98. The fourth-order valence-electron chi connectivity index (χ4n) is 1.61. The van der Waals surface area contributed by atoms with Gasteiger partial charge in [-0.1, -0.05) is 6.42 Å². The van der Waals surface area contributed by atoms with Crippen molar-refractivity contribution in [1.82, 2.24) is 4.98 Å². The third kappa shape index (κ3) is 1.29. The number of hydrogen-bond donors (Lipinski definition) is 0. The van der Waals surface area contributed by atoms with Crippen LogP contribution in [-0.2, 0) is 11.2 Å². The van der Waals surface area contributed by atoms with Crippen molar-refractivity contribution >= 4 is 17.6 Å². The SMILES string of the molecule is O=CC1(Cc2nccs2)CCC1. The Morgan fingerprint density at radius 3 is 2.92 bits per heavy atom. The predicted octanol–water partition coefficient (Wildman–Crippen LogP) is 2.05. The van der Waals surface area contributed by atoms with E-state index in [4.69, 9.17) is 0 Å². The fourth-order valence-corrected chi connectivity index (χ4v) is 2.38. The Balaban J connectivity index is 2.06. The third-order valence-corrected chi connectivity index (χ3v) is 3.37. The normalized spacial score (nSPS) is 20.0. The molecule has 0 amide bonds. The lowest BCUT2D eigenvalue weighted by Gasteiger charge is -2.35. The van der Waals surface area contributed by atoms with E-state index >= 15 is 0 Å². The van der Waals surface area contributed by atoms with Crippen molar-refractivity contribution in [2.75, 3.05) is 0 Å². The van der Waals surface area contributed by atoms with E-state index in [9.17, 15) is 4.79 Å². The molecule has 1 fully saturated rings. The van der Waals surface area contributed by atoms with E-state index in [-0.39, 0.29) is 5.41 Å². The summed E-state index contributed by atoms with van der Waals surface area (Å²) in [6.45, 7) is 0. The summed E-state index contributed by atoms with van der Waals surface area (Å²) in [4.78, 5) is 15.0. The van der Waals surface area contributed by atoms with Gasteiger partial charge < -0.3 is 4.79 Å². The van der Waals surface area contributed by atoms with Crippen molar-refractivity contribution in [1.29, 1.82) is 0 Å². The Morgan fingerprint density at radius 1 is 1.67 bits per heavy atom. The zero-order valence-electron chi connectivity index (χ0n) is 6.82. The Bertz CT molecular complexity index is 264. The molecule has 1 aromatic rings. The lowest BCUT2D eigenvalue weighted by molar-refractivity contribution is -0.120. The van der Waals surface area contributed by atoms with Crippen LogP contribution in [-0.4, -0.2) is 11.3 Å². The molecule has 0 saturated heterocycles. The molecular formula is C9H11NOS. The zero-order valence-corrected chi connectivity index (χ0v) is 7.64. The maximum Gasteiger partial charge on any atom is 0.126 e. The van der Waals surface area contributed by atoms with Crippen molar-refractivity contribution in [3.8, 4) is 0 Å². The minimum absolute atomic E-state index is 0.0438. The van der Waals surface area contributed by atoms with Crippen molar-refractivity contribution < 1.29 is 4.79 Å². The van der Waals surface area contributed by atoms with Gasteiger partial charge in [0, 0.05) is 23.4 Å². The molecular weight excluding hydrogens is 170 g/mol. The molecule has 2 rings (SSSR count). The molecule has 1 aromatic heterocycles. The smallest absolute Gasteiger partial charge is 0.126 e. The van der Waals surface area contributed by atoms with E-state index < -0.39 is 0 Å². The highest BCUT2D eigenvalue weighted by Crippen LogP contribution is 2.41. The Hall–Kier alpha value is -0.700.